The Balaban J connectivity index is 1.55. The van der Waals surface area contributed by atoms with Crippen LogP contribution in [-0.4, -0.2) is 37.4 Å². The number of fused-ring (bicyclic) bond motifs is 1. The highest BCUT2D eigenvalue weighted by atomic mass is 16.7. The first-order chi connectivity index (χ1) is 9.35. The molecule has 0 bridgehead atoms. The maximum absolute atomic E-state index is 5.41. The van der Waals surface area contributed by atoms with E-state index in [2.05, 4.69) is 23.2 Å². The van der Waals surface area contributed by atoms with Gasteiger partial charge in [0.15, 0.2) is 11.5 Å². The molecule has 1 aromatic rings. The number of nitrogens with one attached hydrogen (secondary N) is 1. The summed E-state index contributed by atoms with van der Waals surface area (Å²) in [6, 6.07) is 6.68. The van der Waals surface area contributed by atoms with E-state index in [0.717, 1.165) is 17.2 Å². The van der Waals surface area contributed by atoms with Gasteiger partial charge in [0.2, 0.25) is 6.79 Å². The van der Waals surface area contributed by atoms with Crippen LogP contribution in [-0.2, 0) is 0 Å². The van der Waals surface area contributed by atoms with Gasteiger partial charge in [-0.3, -0.25) is 0 Å². The van der Waals surface area contributed by atoms with Gasteiger partial charge >= 0.3 is 0 Å². The van der Waals surface area contributed by atoms with Crippen molar-refractivity contribution < 1.29 is 9.47 Å². The third-order valence-corrected chi connectivity index (χ3v) is 3.87. The second-order valence-electron chi connectivity index (χ2n) is 5.33. The summed E-state index contributed by atoms with van der Waals surface area (Å²) in [6.45, 7) is 6.23. The minimum absolute atomic E-state index is 0.341. The highest BCUT2D eigenvalue weighted by molar-refractivity contribution is 5.56. The molecule has 1 fully saturated rings. The van der Waals surface area contributed by atoms with Gasteiger partial charge in [0.25, 0.3) is 0 Å². The molecule has 0 atom stereocenters. The van der Waals surface area contributed by atoms with E-state index in [1.165, 1.54) is 38.9 Å². The Kier molecular flexibility index (Phi) is 3.78. The standard InChI is InChI=1S/C15H22N2O2/c1-2-7-17-8-5-12(6-9-17)16-13-3-4-14-15(10-13)19-11-18-14/h3-4,10,12,16H,2,5-9,11H2,1H3. The van der Waals surface area contributed by atoms with E-state index >= 15 is 0 Å². The molecule has 19 heavy (non-hydrogen) atoms. The SMILES string of the molecule is CCCN1CCC(Nc2ccc3c(c2)OCO3)CC1. The molecule has 1 N–H and O–H groups in total. The summed E-state index contributed by atoms with van der Waals surface area (Å²) in [7, 11) is 0. The van der Waals surface area contributed by atoms with Crippen LogP contribution in [0, 0.1) is 0 Å². The predicted octanol–water partition coefficient (Wildman–Crippen LogP) is 2.70. The summed E-state index contributed by atoms with van der Waals surface area (Å²) in [6.07, 6.45) is 3.68. The first-order valence-corrected chi connectivity index (χ1v) is 7.23. The van der Waals surface area contributed by atoms with Gasteiger partial charge in [0.05, 0.1) is 0 Å². The van der Waals surface area contributed by atoms with Crippen molar-refractivity contribution in [2.45, 2.75) is 32.2 Å². The van der Waals surface area contributed by atoms with Gasteiger partial charge < -0.3 is 19.7 Å². The summed E-state index contributed by atoms with van der Waals surface area (Å²) in [5, 5.41) is 3.61. The topological polar surface area (TPSA) is 33.7 Å². The molecule has 3 rings (SSSR count). The molecule has 0 saturated carbocycles. The number of likely N-dealkylation sites (tertiary alicyclic amines) is 1. The van der Waals surface area contributed by atoms with Gasteiger partial charge in [0, 0.05) is 30.9 Å². The molecule has 0 radical (unpaired) electrons. The molecule has 4 nitrogen and oxygen atoms in total. The second kappa shape index (κ2) is 5.70. The van der Waals surface area contributed by atoms with Gasteiger partial charge in [-0.15, -0.1) is 0 Å². The Labute approximate surface area is 114 Å². The van der Waals surface area contributed by atoms with Crippen LogP contribution in [0.1, 0.15) is 26.2 Å². The van der Waals surface area contributed by atoms with Gasteiger partial charge in [-0.2, -0.15) is 0 Å². The average molecular weight is 262 g/mol. The zero-order valence-corrected chi connectivity index (χ0v) is 11.5. The highest BCUT2D eigenvalue weighted by Crippen LogP contribution is 2.34. The molecule has 2 heterocycles. The summed E-state index contributed by atoms with van der Waals surface area (Å²) >= 11 is 0. The Morgan fingerprint density at radius 2 is 2.00 bits per heavy atom. The van der Waals surface area contributed by atoms with E-state index in [1.54, 1.807) is 0 Å². The van der Waals surface area contributed by atoms with Crippen LogP contribution in [0.5, 0.6) is 11.5 Å². The molecule has 0 unspecified atom stereocenters. The Morgan fingerprint density at radius 1 is 1.21 bits per heavy atom. The molecule has 1 saturated heterocycles. The largest absolute Gasteiger partial charge is 0.454 e. The summed E-state index contributed by atoms with van der Waals surface area (Å²) < 4.78 is 10.7. The predicted molar refractivity (Wildman–Crippen MR) is 75.9 cm³/mol. The van der Waals surface area contributed by atoms with E-state index in [-0.39, 0.29) is 0 Å². The summed E-state index contributed by atoms with van der Waals surface area (Å²) in [5.74, 6) is 1.71. The Bertz CT molecular complexity index is 428. The van der Waals surface area contributed by atoms with Crippen LogP contribution in [0.4, 0.5) is 5.69 Å². The zero-order valence-electron chi connectivity index (χ0n) is 11.5. The third kappa shape index (κ3) is 2.95. The minimum atomic E-state index is 0.341. The number of hydrogen-bond acceptors (Lipinski definition) is 4. The van der Waals surface area contributed by atoms with Crippen LogP contribution in [0.25, 0.3) is 0 Å². The fourth-order valence-corrected chi connectivity index (χ4v) is 2.84. The average Bonchev–Trinajstić information content (AvgIpc) is 2.89. The van der Waals surface area contributed by atoms with E-state index < -0.39 is 0 Å². The molecular formula is C15H22N2O2. The van der Waals surface area contributed by atoms with E-state index in [0.29, 0.717) is 12.8 Å². The van der Waals surface area contributed by atoms with E-state index in [9.17, 15) is 0 Å². The van der Waals surface area contributed by atoms with Gasteiger partial charge in [-0.05, 0) is 37.9 Å². The lowest BCUT2D eigenvalue weighted by Gasteiger charge is -2.32. The summed E-state index contributed by atoms with van der Waals surface area (Å²) in [5.41, 5.74) is 1.14. The quantitative estimate of drug-likeness (QED) is 0.904. The number of rotatable bonds is 4. The molecule has 0 amide bonds. The molecule has 0 aromatic heterocycles. The molecule has 2 aliphatic rings. The number of hydrogen-bond donors (Lipinski definition) is 1. The van der Waals surface area contributed by atoms with Crippen LogP contribution < -0.4 is 14.8 Å². The van der Waals surface area contributed by atoms with E-state index in [4.69, 9.17) is 9.47 Å². The van der Waals surface area contributed by atoms with Crippen LogP contribution in [0.15, 0.2) is 18.2 Å². The van der Waals surface area contributed by atoms with Crippen molar-refractivity contribution in [3.63, 3.8) is 0 Å². The van der Waals surface area contributed by atoms with Crippen LogP contribution >= 0.6 is 0 Å². The van der Waals surface area contributed by atoms with Crippen molar-refractivity contribution in [3.05, 3.63) is 18.2 Å². The first-order valence-electron chi connectivity index (χ1n) is 7.23. The fourth-order valence-electron chi connectivity index (χ4n) is 2.84. The lowest BCUT2D eigenvalue weighted by Crippen LogP contribution is -2.39. The number of ether oxygens (including phenoxy) is 2. The number of piperidine rings is 1. The van der Waals surface area contributed by atoms with Crippen molar-refractivity contribution in [1.82, 2.24) is 4.90 Å². The maximum Gasteiger partial charge on any atom is 0.231 e. The van der Waals surface area contributed by atoms with Crippen LogP contribution in [0.2, 0.25) is 0 Å². The lowest BCUT2D eigenvalue weighted by atomic mass is 10.0. The molecule has 0 spiro atoms. The van der Waals surface area contributed by atoms with Gasteiger partial charge in [0.1, 0.15) is 0 Å². The molecule has 0 aliphatic carbocycles. The first kappa shape index (κ1) is 12.6. The minimum Gasteiger partial charge on any atom is -0.454 e. The van der Waals surface area contributed by atoms with Gasteiger partial charge in [-0.25, -0.2) is 0 Å². The molecule has 4 heteroatoms. The van der Waals surface area contributed by atoms with E-state index in [1.807, 2.05) is 12.1 Å². The van der Waals surface area contributed by atoms with Crippen molar-refractivity contribution in [1.29, 1.82) is 0 Å². The monoisotopic (exact) mass is 262 g/mol. The Hall–Kier alpha value is -1.42. The van der Waals surface area contributed by atoms with Crippen molar-refractivity contribution in [3.8, 4) is 11.5 Å². The Morgan fingerprint density at radius 3 is 2.79 bits per heavy atom. The van der Waals surface area contributed by atoms with Crippen LogP contribution in [0.3, 0.4) is 0 Å². The normalized spacial score (nSPS) is 19.6. The number of anilines is 1. The number of benzene rings is 1. The molecular weight excluding hydrogens is 240 g/mol. The second-order valence-corrected chi connectivity index (χ2v) is 5.33. The summed E-state index contributed by atoms with van der Waals surface area (Å²) in [4.78, 5) is 2.55. The molecule has 104 valence electrons. The number of nitrogens with zero attached hydrogens (tertiary/aromatic N) is 1. The van der Waals surface area contributed by atoms with Crippen molar-refractivity contribution in [2.75, 3.05) is 31.7 Å². The third-order valence-electron chi connectivity index (χ3n) is 3.87. The van der Waals surface area contributed by atoms with Gasteiger partial charge in [-0.1, -0.05) is 6.92 Å². The highest BCUT2D eigenvalue weighted by Gasteiger charge is 2.19. The van der Waals surface area contributed by atoms with Crippen molar-refractivity contribution in [2.24, 2.45) is 0 Å². The maximum atomic E-state index is 5.41. The smallest absolute Gasteiger partial charge is 0.231 e. The van der Waals surface area contributed by atoms with Crippen molar-refractivity contribution >= 4 is 5.69 Å². The fraction of sp³-hybridized carbons (Fsp3) is 0.600. The molecule has 2 aliphatic heterocycles. The molecule has 1 aromatic carbocycles. The zero-order chi connectivity index (χ0) is 13.1. The lowest BCUT2D eigenvalue weighted by molar-refractivity contribution is 0.174.